The van der Waals surface area contributed by atoms with E-state index in [9.17, 15) is 23.1 Å². The number of halogens is 3. The maximum atomic E-state index is 13.1. The molecule has 2 N–H and O–H groups in total. The summed E-state index contributed by atoms with van der Waals surface area (Å²) >= 11 is 0. The third kappa shape index (κ3) is 6.42. The van der Waals surface area contributed by atoms with E-state index in [1.165, 1.54) is 12.1 Å². The standard InChI is InChI=1S/C21H21F3N2O3/c1-2-3-19(20(28)26-11-10-14-4-7-16(27)8-5-14)29-17-9-6-15(13-25)18(12-17)21(22,23)24/h4-9,12,19,27H,2-3,10-11H2,1H3,(H,26,28)/t19-/m0/s1. The maximum absolute atomic E-state index is 13.1. The maximum Gasteiger partial charge on any atom is 0.417 e. The molecule has 0 radical (unpaired) electrons. The molecule has 0 aliphatic rings. The second kappa shape index (κ2) is 9.82. The summed E-state index contributed by atoms with van der Waals surface area (Å²) in [7, 11) is 0. The van der Waals surface area contributed by atoms with E-state index < -0.39 is 29.3 Å². The number of aromatic hydroxyl groups is 1. The van der Waals surface area contributed by atoms with Gasteiger partial charge in [-0.25, -0.2) is 0 Å². The van der Waals surface area contributed by atoms with Crippen molar-refractivity contribution >= 4 is 5.91 Å². The van der Waals surface area contributed by atoms with Gasteiger partial charge in [0.2, 0.25) is 0 Å². The molecule has 1 amide bonds. The van der Waals surface area contributed by atoms with Crippen molar-refractivity contribution in [1.82, 2.24) is 5.32 Å². The van der Waals surface area contributed by atoms with Gasteiger partial charge in [0.25, 0.3) is 5.91 Å². The van der Waals surface area contributed by atoms with Gasteiger partial charge in [-0.3, -0.25) is 4.79 Å². The van der Waals surface area contributed by atoms with E-state index in [1.807, 2.05) is 6.92 Å². The number of phenolic OH excluding ortho intramolecular Hbond substituents is 1. The zero-order valence-corrected chi connectivity index (χ0v) is 15.8. The summed E-state index contributed by atoms with van der Waals surface area (Å²) in [6.07, 6.45) is -4.20. The fourth-order valence-electron chi connectivity index (χ4n) is 2.71. The van der Waals surface area contributed by atoms with Gasteiger partial charge >= 0.3 is 6.18 Å². The number of phenols is 1. The molecule has 8 heteroatoms. The van der Waals surface area contributed by atoms with E-state index in [1.54, 1.807) is 24.3 Å². The van der Waals surface area contributed by atoms with Crippen LogP contribution in [0.2, 0.25) is 0 Å². The number of amides is 1. The van der Waals surface area contributed by atoms with Gasteiger partial charge in [0.05, 0.1) is 17.2 Å². The summed E-state index contributed by atoms with van der Waals surface area (Å²) in [6.45, 7) is 2.15. The van der Waals surface area contributed by atoms with Crippen LogP contribution in [0.25, 0.3) is 0 Å². The Morgan fingerprint density at radius 3 is 2.52 bits per heavy atom. The molecular formula is C21H21F3N2O3. The molecule has 154 valence electrons. The third-order valence-corrected chi connectivity index (χ3v) is 4.19. The molecule has 2 rings (SSSR count). The summed E-state index contributed by atoms with van der Waals surface area (Å²) < 4.78 is 44.8. The molecule has 0 heterocycles. The molecule has 0 aromatic heterocycles. The highest BCUT2D eigenvalue weighted by atomic mass is 19.4. The number of nitrogens with zero attached hydrogens (tertiary/aromatic N) is 1. The number of hydrogen-bond acceptors (Lipinski definition) is 4. The number of ether oxygens (including phenoxy) is 1. The SMILES string of the molecule is CCC[C@H](Oc1ccc(C#N)c(C(F)(F)F)c1)C(=O)NCCc1ccc(O)cc1. The molecule has 2 aromatic carbocycles. The molecule has 0 aliphatic heterocycles. The molecule has 0 saturated heterocycles. The predicted molar refractivity (Wildman–Crippen MR) is 100 cm³/mol. The number of nitrogens with one attached hydrogen (secondary N) is 1. The van der Waals surface area contributed by atoms with Crippen LogP contribution >= 0.6 is 0 Å². The summed E-state index contributed by atoms with van der Waals surface area (Å²) in [4.78, 5) is 12.4. The number of nitriles is 1. The highest BCUT2D eigenvalue weighted by Gasteiger charge is 2.34. The topological polar surface area (TPSA) is 82.3 Å². The smallest absolute Gasteiger partial charge is 0.417 e. The molecule has 5 nitrogen and oxygen atoms in total. The number of carbonyl (C=O) groups is 1. The quantitative estimate of drug-likeness (QED) is 0.689. The molecule has 1 atom stereocenters. The Labute approximate surface area is 166 Å². The molecular weight excluding hydrogens is 385 g/mol. The fourth-order valence-corrected chi connectivity index (χ4v) is 2.71. The highest BCUT2D eigenvalue weighted by molar-refractivity contribution is 5.81. The van der Waals surface area contributed by atoms with E-state index in [4.69, 9.17) is 10.00 Å². The minimum absolute atomic E-state index is 0.122. The second-order valence-corrected chi connectivity index (χ2v) is 6.42. The van der Waals surface area contributed by atoms with Gasteiger partial charge in [-0.15, -0.1) is 0 Å². The number of hydrogen-bond donors (Lipinski definition) is 2. The van der Waals surface area contributed by atoms with E-state index in [2.05, 4.69) is 5.32 Å². The van der Waals surface area contributed by atoms with Crippen molar-refractivity contribution in [3.8, 4) is 17.6 Å². The summed E-state index contributed by atoms with van der Waals surface area (Å²) in [5, 5.41) is 20.9. The molecule has 0 aliphatic carbocycles. The van der Waals surface area contributed by atoms with E-state index >= 15 is 0 Å². The van der Waals surface area contributed by atoms with Crippen LogP contribution in [0.5, 0.6) is 11.5 Å². The highest BCUT2D eigenvalue weighted by Crippen LogP contribution is 2.34. The average molecular weight is 406 g/mol. The average Bonchev–Trinajstić information content (AvgIpc) is 2.68. The molecule has 0 spiro atoms. The number of rotatable bonds is 8. The van der Waals surface area contributed by atoms with Gasteiger partial charge in [0, 0.05) is 6.54 Å². The molecule has 0 fully saturated rings. The van der Waals surface area contributed by atoms with Crippen molar-refractivity contribution in [3.63, 3.8) is 0 Å². The van der Waals surface area contributed by atoms with Gasteiger partial charge < -0.3 is 15.2 Å². The van der Waals surface area contributed by atoms with Gasteiger partial charge in [-0.05, 0) is 48.7 Å². The van der Waals surface area contributed by atoms with Crippen LogP contribution in [-0.4, -0.2) is 23.7 Å². The molecule has 0 unspecified atom stereocenters. The zero-order valence-electron chi connectivity index (χ0n) is 15.8. The van der Waals surface area contributed by atoms with Crippen molar-refractivity contribution in [2.45, 2.75) is 38.5 Å². The Bertz CT molecular complexity index is 874. The largest absolute Gasteiger partial charge is 0.508 e. The lowest BCUT2D eigenvalue weighted by molar-refractivity contribution is -0.137. The minimum Gasteiger partial charge on any atom is -0.508 e. The van der Waals surface area contributed by atoms with Gasteiger partial charge in [0.1, 0.15) is 11.5 Å². The third-order valence-electron chi connectivity index (χ3n) is 4.19. The first-order chi connectivity index (χ1) is 13.7. The van der Waals surface area contributed by atoms with Crippen LogP contribution in [0.4, 0.5) is 13.2 Å². The zero-order chi connectivity index (χ0) is 21.4. The van der Waals surface area contributed by atoms with Crippen molar-refractivity contribution in [3.05, 3.63) is 59.2 Å². The fraction of sp³-hybridized carbons (Fsp3) is 0.333. The van der Waals surface area contributed by atoms with Crippen molar-refractivity contribution in [2.24, 2.45) is 0 Å². The Morgan fingerprint density at radius 1 is 1.24 bits per heavy atom. The van der Waals surface area contributed by atoms with Crippen LogP contribution < -0.4 is 10.1 Å². The predicted octanol–water partition coefficient (Wildman–Crippen LogP) is 4.19. The first-order valence-corrected chi connectivity index (χ1v) is 9.08. The van der Waals surface area contributed by atoms with Crippen molar-refractivity contribution < 1.29 is 27.8 Å². The van der Waals surface area contributed by atoms with Crippen LogP contribution in [0.1, 0.15) is 36.5 Å². The Kier molecular flexibility index (Phi) is 7.48. The van der Waals surface area contributed by atoms with Crippen molar-refractivity contribution in [2.75, 3.05) is 6.54 Å². The summed E-state index contributed by atoms with van der Waals surface area (Å²) in [5.74, 6) is -0.401. The Morgan fingerprint density at radius 2 is 1.93 bits per heavy atom. The van der Waals surface area contributed by atoms with E-state index in [0.29, 0.717) is 25.8 Å². The van der Waals surface area contributed by atoms with Gasteiger partial charge in [-0.2, -0.15) is 18.4 Å². The first-order valence-electron chi connectivity index (χ1n) is 9.08. The van der Waals surface area contributed by atoms with Crippen LogP contribution in [0, 0.1) is 11.3 Å². The lowest BCUT2D eigenvalue weighted by Crippen LogP contribution is -2.39. The number of carbonyl (C=O) groups excluding carboxylic acids is 1. The summed E-state index contributed by atoms with van der Waals surface area (Å²) in [6, 6.07) is 11.1. The number of alkyl halides is 3. The monoisotopic (exact) mass is 406 g/mol. The van der Waals surface area contributed by atoms with Gasteiger partial charge in [-0.1, -0.05) is 25.5 Å². The molecule has 0 bridgehead atoms. The van der Waals surface area contributed by atoms with Gasteiger partial charge in [0.15, 0.2) is 6.10 Å². The lowest BCUT2D eigenvalue weighted by Gasteiger charge is -2.19. The molecule has 29 heavy (non-hydrogen) atoms. The second-order valence-electron chi connectivity index (χ2n) is 6.42. The Balaban J connectivity index is 2.04. The number of benzene rings is 2. The lowest BCUT2D eigenvalue weighted by atomic mass is 10.1. The summed E-state index contributed by atoms with van der Waals surface area (Å²) in [5.41, 5.74) is -0.686. The first kappa shape index (κ1) is 22.1. The normalized spacial score (nSPS) is 12.1. The minimum atomic E-state index is -4.70. The van der Waals surface area contributed by atoms with Crippen LogP contribution in [0.15, 0.2) is 42.5 Å². The molecule has 0 saturated carbocycles. The van der Waals surface area contributed by atoms with E-state index in [-0.39, 0.29) is 11.5 Å². The Hall–Kier alpha value is -3.21. The van der Waals surface area contributed by atoms with Crippen molar-refractivity contribution in [1.29, 1.82) is 5.26 Å². The van der Waals surface area contributed by atoms with Crippen LogP contribution in [-0.2, 0) is 17.4 Å². The van der Waals surface area contributed by atoms with E-state index in [0.717, 1.165) is 17.7 Å². The molecule has 2 aromatic rings. The van der Waals surface area contributed by atoms with Crippen LogP contribution in [0.3, 0.4) is 0 Å².